The van der Waals surface area contributed by atoms with Crippen LogP contribution in [0.15, 0.2) is 24.3 Å². The van der Waals surface area contributed by atoms with E-state index in [0.717, 1.165) is 12.8 Å². The molecule has 2 N–H and O–H groups in total. The lowest BCUT2D eigenvalue weighted by Gasteiger charge is -2.36. The molecule has 2 saturated heterocycles. The fourth-order valence-corrected chi connectivity index (χ4v) is 3.15. The zero-order valence-electron chi connectivity index (χ0n) is 11.4. The van der Waals surface area contributed by atoms with Crippen LogP contribution in [0.5, 0.6) is 0 Å². The Morgan fingerprint density at radius 2 is 2.05 bits per heavy atom. The average molecular weight is 288 g/mol. The van der Waals surface area contributed by atoms with Crippen LogP contribution in [0.25, 0.3) is 0 Å². The van der Waals surface area contributed by atoms with Gasteiger partial charge in [0.2, 0.25) is 5.91 Å². The van der Waals surface area contributed by atoms with Gasteiger partial charge >= 0.3 is 5.97 Å². The van der Waals surface area contributed by atoms with Crippen molar-refractivity contribution in [2.24, 2.45) is 5.92 Å². The average Bonchev–Trinajstić information content (AvgIpc) is 2.88. The van der Waals surface area contributed by atoms with Crippen molar-refractivity contribution < 1.29 is 19.5 Å². The second-order valence-electron chi connectivity index (χ2n) is 5.45. The summed E-state index contributed by atoms with van der Waals surface area (Å²) in [5, 5.41) is 11.8. The molecule has 2 heterocycles. The molecule has 0 aromatic heterocycles. The number of nitrogens with zero attached hydrogens (tertiary/aromatic N) is 1. The van der Waals surface area contributed by atoms with E-state index < -0.39 is 5.97 Å². The van der Waals surface area contributed by atoms with Gasteiger partial charge in [-0.05, 0) is 31.0 Å². The lowest BCUT2D eigenvalue weighted by atomic mass is 9.91. The molecule has 0 aliphatic carbocycles. The van der Waals surface area contributed by atoms with Gasteiger partial charge in [0.05, 0.1) is 17.5 Å². The molecule has 1 aromatic rings. The first kappa shape index (κ1) is 13.6. The molecule has 6 nitrogen and oxygen atoms in total. The molecule has 2 fully saturated rings. The number of benzene rings is 1. The summed E-state index contributed by atoms with van der Waals surface area (Å²) in [7, 11) is 0. The third kappa shape index (κ3) is 2.37. The molecule has 1 aromatic carbocycles. The number of piperidine rings is 1. The molecule has 2 amide bonds. The second-order valence-corrected chi connectivity index (χ2v) is 5.45. The summed E-state index contributed by atoms with van der Waals surface area (Å²) in [5.41, 5.74) is 0.449. The quantitative estimate of drug-likeness (QED) is 0.840. The minimum absolute atomic E-state index is 0.0109. The van der Waals surface area contributed by atoms with Crippen molar-refractivity contribution >= 4 is 17.8 Å². The SMILES string of the molecule is O=C(O)c1cccc(C(=O)N2CCCC3C(=O)NCC32)c1. The lowest BCUT2D eigenvalue weighted by Crippen LogP contribution is -2.48. The fraction of sp³-hybridized carbons (Fsp3) is 0.400. The van der Waals surface area contributed by atoms with Gasteiger partial charge in [0.25, 0.3) is 5.91 Å². The molecule has 110 valence electrons. The van der Waals surface area contributed by atoms with Crippen LogP contribution in [0, 0.1) is 5.92 Å². The predicted molar refractivity (Wildman–Crippen MR) is 74.0 cm³/mol. The number of amides is 2. The summed E-state index contributed by atoms with van der Waals surface area (Å²) in [5.74, 6) is -1.38. The van der Waals surface area contributed by atoms with E-state index in [1.165, 1.54) is 12.1 Å². The Morgan fingerprint density at radius 3 is 2.81 bits per heavy atom. The number of aromatic carboxylic acids is 1. The molecule has 2 atom stereocenters. The highest BCUT2D eigenvalue weighted by atomic mass is 16.4. The van der Waals surface area contributed by atoms with Gasteiger partial charge in [-0.2, -0.15) is 0 Å². The Kier molecular flexibility index (Phi) is 3.37. The standard InChI is InChI=1S/C15H16N2O4/c18-13-11-5-2-6-17(12(11)8-16-13)14(19)9-3-1-4-10(7-9)15(20)21/h1,3-4,7,11-12H,2,5-6,8H2,(H,16,18)(H,20,21). The molecular weight excluding hydrogens is 272 g/mol. The summed E-state index contributed by atoms with van der Waals surface area (Å²) >= 11 is 0. The number of carboxylic acids is 1. The molecule has 0 saturated carbocycles. The van der Waals surface area contributed by atoms with Gasteiger partial charge in [-0.25, -0.2) is 4.79 Å². The number of hydrogen-bond donors (Lipinski definition) is 2. The molecule has 2 aliphatic rings. The Labute approximate surface area is 121 Å². The topological polar surface area (TPSA) is 86.7 Å². The maximum Gasteiger partial charge on any atom is 0.335 e. The molecule has 21 heavy (non-hydrogen) atoms. The highest BCUT2D eigenvalue weighted by Crippen LogP contribution is 2.28. The van der Waals surface area contributed by atoms with Crippen molar-refractivity contribution in [3.05, 3.63) is 35.4 Å². The number of nitrogens with one attached hydrogen (secondary N) is 1. The monoisotopic (exact) mass is 288 g/mol. The first-order valence-corrected chi connectivity index (χ1v) is 7.00. The van der Waals surface area contributed by atoms with Crippen molar-refractivity contribution in [1.29, 1.82) is 0 Å². The van der Waals surface area contributed by atoms with Crippen LogP contribution in [0.3, 0.4) is 0 Å². The van der Waals surface area contributed by atoms with E-state index in [-0.39, 0.29) is 29.3 Å². The van der Waals surface area contributed by atoms with E-state index in [1.807, 2.05) is 0 Å². The van der Waals surface area contributed by atoms with Crippen molar-refractivity contribution in [3.8, 4) is 0 Å². The molecular formula is C15H16N2O4. The zero-order chi connectivity index (χ0) is 15.0. The van der Waals surface area contributed by atoms with Gasteiger partial charge in [0.1, 0.15) is 0 Å². The third-order valence-electron chi connectivity index (χ3n) is 4.22. The smallest absolute Gasteiger partial charge is 0.335 e. The van der Waals surface area contributed by atoms with Crippen LogP contribution in [0.1, 0.15) is 33.6 Å². The van der Waals surface area contributed by atoms with Crippen LogP contribution >= 0.6 is 0 Å². The van der Waals surface area contributed by atoms with Crippen molar-refractivity contribution in [2.75, 3.05) is 13.1 Å². The highest BCUT2D eigenvalue weighted by molar-refractivity contribution is 5.98. The number of fused-ring (bicyclic) bond motifs is 1. The molecule has 3 rings (SSSR count). The van der Waals surface area contributed by atoms with Crippen LogP contribution < -0.4 is 5.32 Å². The number of rotatable bonds is 2. The van der Waals surface area contributed by atoms with Crippen molar-refractivity contribution in [3.63, 3.8) is 0 Å². The van der Waals surface area contributed by atoms with Crippen LogP contribution in [0.4, 0.5) is 0 Å². The fourth-order valence-electron chi connectivity index (χ4n) is 3.15. The minimum atomic E-state index is -1.06. The number of likely N-dealkylation sites (tertiary alicyclic amines) is 1. The van der Waals surface area contributed by atoms with E-state index in [4.69, 9.17) is 5.11 Å². The molecule has 2 unspecified atom stereocenters. The number of carboxylic acid groups (broad SMARTS) is 1. The Hall–Kier alpha value is -2.37. The van der Waals surface area contributed by atoms with E-state index in [1.54, 1.807) is 17.0 Å². The maximum absolute atomic E-state index is 12.6. The Morgan fingerprint density at radius 1 is 1.29 bits per heavy atom. The van der Waals surface area contributed by atoms with Gasteiger partial charge in [-0.3, -0.25) is 9.59 Å². The van der Waals surface area contributed by atoms with E-state index in [2.05, 4.69) is 5.32 Å². The zero-order valence-corrected chi connectivity index (χ0v) is 11.4. The molecule has 0 bridgehead atoms. The number of hydrogen-bond acceptors (Lipinski definition) is 3. The first-order chi connectivity index (χ1) is 10.1. The van der Waals surface area contributed by atoms with Gasteiger partial charge < -0.3 is 15.3 Å². The molecule has 0 radical (unpaired) electrons. The van der Waals surface area contributed by atoms with E-state index in [0.29, 0.717) is 18.7 Å². The van der Waals surface area contributed by atoms with E-state index >= 15 is 0 Å². The Balaban J connectivity index is 1.86. The van der Waals surface area contributed by atoms with Gasteiger partial charge in [0, 0.05) is 18.7 Å². The molecule has 2 aliphatic heterocycles. The summed E-state index contributed by atoms with van der Waals surface area (Å²) in [6.45, 7) is 1.08. The first-order valence-electron chi connectivity index (χ1n) is 7.00. The second kappa shape index (κ2) is 5.20. The van der Waals surface area contributed by atoms with Crippen molar-refractivity contribution in [1.82, 2.24) is 10.2 Å². The summed E-state index contributed by atoms with van der Waals surface area (Å²) in [6.07, 6.45) is 1.59. The van der Waals surface area contributed by atoms with E-state index in [9.17, 15) is 14.4 Å². The largest absolute Gasteiger partial charge is 0.478 e. The van der Waals surface area contributed by atoms with Crippen LogP contribution in [-0.2, 0) is 4.79 Å². The van der Waals surface area contributed by atoms with Gasteiger partial charge in [0.15, 0.2) is 0 Å². The predicted octanol–water partition coefficient (Wildman–Crippen LogP) is 0.735. The molecule has 6 heteroatoms. The highest BCUT2D eigenvalue weighted by Gasteiger charge is 2.42. The summed E-state index contributed by atoms with van der Waals surface area (Å²) in [4.78, 5) is 37.0. The number of carbonyl (C=O) groups excluding carboxylic acids is 2. The minimum Gasteiger partial charge on any atom is -0.478 e. The summed E-state index contributed by atoms with van der Waals surface area (Å²) in [6, 6.07) is 5.91. The summed E-state index contributed by atoms with van der Waals surface area (Å²) < 4.78 is 0. The normalized spacial score (nSPS) is 24.4. The van der Waals surface area contributed by atoms with Gasteiger partial charge in [-0.15, -0.1) is 0 Å². The van der Waals surface area contributed by atoms with Crippen molar-refractivity contribution in [2.45, 2.75) is 18.9 Å². The lowest BCUT2D eigenvalue weighted by molar-refractivity contribution is -0.123. The van der Waals surface area contributed by atoms with Gasteiger partial charge in [-0.1, -0.05) is 6.07 Å². The molecule has 0 spiro atoms. The third-order valence-corrected chi connectivity index (χ3v) is 4.22. The van der Waals surface area contributed by atoms with Crippen LogP contribution in [0.2, 0.25) is 0 Å². The Bertz CT molecular complexity index is 613. The maximum atomic E-state index is 12.6. The number of carbonyl (C=O) groups is 3. The van der Waals surface area contributed by atoms with Crippen LogP contribution in [-0.4, -0.2) is 46.9 Å².